The van der Waals surface area contributed by atoms with Crippen molar-refractivity contribution in [1.82, 2.24) is 9.88 Å². The predicted octanol–water partition coefficient (Wildman–Crippen LogP) is 4.77. The zero-order valence-electron chi connectivity index (χ0n) is 33.2. The Balaban J connectivity index is 1.57. The number of carbonyl (C=O) groups excluding carboxylic acids is 1. The number of nitriles is 1. The van der Waals surface area contributed by atoms with Crippen molar-refractivity contribution >= 4 is 22.4 Å². The molecule has 6 rings (SSSR count). The molecular weight excluding hydrogens is 448 g/mol. The molecule has 2 aliphatic heterocycles. The van der Waals surface area contributed by atoms with Gasteiger partial charge in [0.2, 0.25) is 0 Å². The maximum atomic E-state index is 14.1. The van der Waals surface area contributed by atoms with Gasteiger partial charge in [0.25, 0.3) is 0 Å². The number of H-pyrrole nitrogens is 1. The highest BCUT2D eigenvalue weighted by atomic mass is 16.5. The van der Waals surface area contributed by atoms with Gasteiger partial charge in [-0.15, -0.1) is 0 Å². The lowest BCUT2D eigenvalue weighted by molar-refractivity contribution is 0.0115. The van der Waals surface area contributed by atoms with Gasteiger partial charge in [0, 0.05) is 77.7 Å². The molecule has 0 radical (unpaired) electrons. The van der Waals surface area contributed by atoms with Crippen molar-refractivity contribution in [3.8, 4) is 6.07 Å². The SMILES string of the molecule is [2H]C1([2H])CN(C2([2H])C([2H])([2H])C([2H])([2H])N(c3cc4c(cc3CC)C(=O)c3c([nH]c5cc(C#N)ccc35)C4(C)C)C([2H])([2H])C2([2H])[2H])CC([2H])([2H])O1. The second kappa shape index (κ2) is 8.76. The summed E-state index contributed by atoms with van der Waals surface area (Å²) in [7, 11) is 0. The molecule has 36 heavy (non-hydrogen) atoms. The Bertz CT molecular complexity index is 1920. The molecule has 186 valence electrons. The van der Waals surface area contributed by atoms with Gasteiger partial charge in [0.15, 0.2) is 5.78 Å². The number of carbonyl (C=O) groups is 1. The molecule has 3 aromatic rings. The molecule has 0 unspecified atom stereocenters. The fourth-order valence-electron chi connectivity index (χ4n) is 5.11. The predicted molar refractivity (Wildman–Crippen MR) is 142 cm³/mol. The van der Waals surface area contributed by atoms with Crippen LogP contribution in [-0.2, 0) is 16.6 Å². The number of aromatic nitrogens is 1. The molecule has 2 aromatic carbocycles. The first-order valence-corrected chi connectivity index (χ1v) is 11.8. The van der Waals surface area contributed by atoms with Crippen molar-refractivity contribution < 1.29 is 27.4 Å². The van der Waals surface area contributed by atoms with Gasteiger partial charge in [-0.2, -0.15) is 5.26 Å². The second-order valence-electron chi connectivity index (χ2n) is 9.49. The molecule has 6 nitrogen and oxygen atoms in total. The van der Waals surface area contributed by atoms with Gasteiger partial charge in [-0.1, -0.05) is 26.8 Å². The fourth-order valence-corrected chi connectivity index (χ4v) is 5.11. The maximum absolute atomic E-state index is 14.1. The van der Waals surface area contributed by atoms with Crippen LogP contribution in [-0.4, -0.2) is 60.9 Å². The maximum Gasteiger partial charge on any atom is 0.195 e. The number of morpholine rings is 1. The fraction of sp³-hybridized carbons (Fsp3) is 0.467. The zero-order valence-corrected chi connectivity index (χ0v) is 20.2. The van der Waals surface area contributed by atoms with Crippen molar-refractivity contribution in [3.05, 3.63) is 63.8 Å². The van der Waals surface area contributed by atoms with E-state index < -0.39 is 63.4 Å². The minimum absolute atomic E-state index is 0.0904. The first kappa shape index (κ1) is 12.9. The Kier molecular flexibility index (Phi) is 3.14. The summed E-state index contributed by atoms with van der Waals surface area (Å²) < 4.78 is 119. The largest absolute Gasteiger partial charge is 0.379 e. The van der Waals surface area contributed by atoms with E-state index in [1.807, 2.05) is 0 Å². The van der Waals surface area contributed by atoms with E-state index in [1.165, 1.54) is 12.1 Å². The number of anilines is 1. The van der Waals surface area contributed by atoms with E-state index in [2.05, 4.69) is 11.1 Å². The quantitative estimate of drug-likeness (QED) is 0.567. The Labute approximate surface area is 231 Å². The number of aryl methyl sites for hydroxylation is 1. The average Bonchev–Trinajstić information content (AvgIpc) is 3.37. The normalized spacial score (nSPS) is 34.9. The lowest BCUT2D eigenvalue weighted by Crippen LogP contribution is -2.49. The van der Waals surface area contributed by atoms with E-state index in [0.29, 0.717) is 43.1 Å². The first-order valence-electron chi connectivity index (χ1n) is 18.3. The van der Waals surface area contributed by atoms with Crippen molar-refractivity contribution in [2.24, 2.45) is 0 Å². The topological polar surface area (TPSA) is 72.4 Å². The van der Waals surface area contributed by atoms with Crippen molar-refractivity contribution in [3.63, 3.8) is 0 Å². The van der Waals surface area contributed by atoms with Crippen molar-refractivity contribution in [2.45, 2.75) is 51.4 Å². The average molecular weight is 496 g/mol. The summed E-state index contributed by atoms with van der Waals surface area (Å²) in [6.45, 7) is -9.55. The molecule has 3 aliphatic rings. The monoisotopic (exact) mass is 495 g/mol. The smallest absolute Gasteiger partial charge is 0.195 e. The molecule has 2 fully saturated rings. The van der Waals surface area contributed by atoms with Crippen LogP contribution < -0.4 is 4.90 Å². The Morgan fingerprint density at radius 1 is 1.22 bits per heavy atom. The summed E-state index contributed by atoms with van der Waals surface area (Å²) in [6.07, 6.45) is -7.20. The van der Waals surface area contributed by atoms with Crippen molar-refractivity contribution in [1.29, 1.82) is 5.26 Å². The Morgan fingerprint density at radius 2 is 1.97 bits per heavy atom. The third-order valence-electron chi connectivity index (χ3n) is 7.08. The molecule has 0 bridgehead atoms. The highest BCUT2D eigenvalue weighted by Crippen LogP contribution is 2.46. The van der Waals surface area contributed by atoms with E-state index in [1.54, 1.807) is 39.0 Å². The number of fused-ring (bicyclic) bond motifs is 4. The molecule has 0 amide bonds. The molecule has 2 saturated heterocycles. The van der Waals surface area contributed by atoms with Crippen LogP contribution in [0.15, 0.2) is 30.3 Å². The number of piperidine rings is 1. The van der Waals surface area contributed by atoms with Gasteiger partial charge in [-0.3, -0.25) is 9.69 Å². The molecule has 1 N–H and O–H groups in total. The lowest BCUT2D eigenvalue weighted by Gasteiger charge is -2.42. The van der Waals surface area contributed by atoms with Gasteiger partial charge in [0.1, 0.15) is 0 Å². The Hall–Kier alpha value is -3.14. The van der Waals surface area contributed by atoms with Crippen LogP contribution in [0.4, 0.5) is 5.69 Å². The molecule has 0 saturated carbocycles. The number of nitrogens with one attached hydrogen (secondary N) is 1. The lowest BCUT2D eigenvalue weighted by atomic mass is 9.70. The van der Waals surface area contributed by atoms with Crippen LogP contribution in [0, 0.1) is 11.3 Å². The van der Waals surface area contributed by atoms with Gasteiger partial charge in [0.05, 0.1) is 35.8 Å². The number of hydrogen-bond acceptors (Lipinski definition) is 5. The highest BCUT2D eigenvalue weighted by molar-refractivity contribution is 6.20. The van der Waals surface area contributed by atoms with Crippen LogP contribution in [0.25, 0.3) is 10.9 Å². The minimum Gasteiger partial charge on any atom is -0.379 e. The van der Waals surface area contributed by atoms with Crippen molar-refractivity contribution in [2.75, 3.05) is 44.1 Å². The van der Waals surface area contributed by atoms with Crippen LogP contribution in [0.1, 0.15) is 89.6 Å². The standard InChI is InChI=1S/C30H34N4O2/c1-4-20-16-23-24(17-26(20)34-9-7-21(8-10-34)33-11-13-36-14-12-33)30(2,3)29-27(28(23)35)22-6-5-19(18-31)15-25(22)32-29/h5-6,15-17,21,32H,4,7-14H2,1-3H3/i7D2,8D2,9D2,10D2,13D2,14D2,21D. The summed E-state index contributed by atoms with van der Waals surface area (Å²) in [5.41, 5.74) is 1.30. The number of ketones is 1. The van der Waals surface area contributed by atoms with Crippen LogP contribution in [0.2, 0.25) is 0 Å². The summed E-state index contributed by atoms with van der Waals surface area (Å²) in [4.78, 5) is 18.2. The second-order valence-corrected chi connectivity index (χ2v) is 9.49. The molecule has 0 spiro atoms. The number of nitrogens with zero attached hydrogens (tertiary/aromatic N) is 3. The van der Waals surface area contributed by atoms with E-state index in [-0.39, 0.29) is 29.0 Å². The molecule has 3 heterocycles. The number of benzene rings is 2. The molecule has 1 aromatic heterocycles. The first-order chi connectivity index (χ1) is 22.2. The zero-order chi connectivity index (χ0) is 36.7. The van der Waals surface area contributed by atoms with Crippen LogP contribution in [0.3, 0.4) is 0 Å². The van der Waals surface area contributed by atoms with Gasteiger partial charge < -0.3 is 14.6 Å². The van der Waals surface area contributed by atoms with Crippen LogP contribution >= 0.6 is 0 Å². The molecular formula is C30H34N4O2. The summed E-state index contributed by atoms with van der Waals surface area (Å²) >= 11 is 0. The molecule has 0 atom stereocenters. The highest BCUT2D eigenvalue weighted by Gasteiger charge is 2.40. The summed E-state index contributed by atoms with van der Waals surface area (Å²) in [6, 6.07) is 6.28. The number of hydrogen-bond donors (Lipinski definition) is 1. The van der Waals surface area contributed by atoms with E-state index in [0.717, 1.165) is 0 Å². The van der Waals surface area contributed by atoms with Gasteiger partial charge in [-0.05, 0) is 54.6 Å². The van der Waals surface area contributed by atoms with E-state index in [9.17, 15) is 11.4 Å². The Morgan fingerprint density at radius 3 is 2.67 bits per heavy atom. The van der Waals surface area contributed by atoms with Gasteiger partial charge in [-0.25, -0.2) is 0 Å². The van der Waals surface area contributed by atoms with E-state index >= 15 is 0 Å². The van der Waals surface area contributed by atoms with Crippen LogP contribution in [0.5, 0.6) is 0 Å². The van der Waals surface area contributed by atoms with E-state index in [4.69, 9.17) is 21.2 Å². The summed E-state index contributed by atoms with van der Waals surface area (Å²) in [5.74, 6) is -0.377. The number of rotatable bonds is 3. The number of ether oxygens (including phenoxy) is 1. The third-order valence-corrected chi connectivity index (χ3v) is 7.08. The number of aromatic amines is 1. The minimum atomic E-state index is -3.65. The summed E-state index contributed by atoms with van der Waals surface area (Å²) in [5, 5.41) is 10.0. The molecule has 1 aliphatic carbocycles. The molecule has 6 heteroatoms. The third kappa shape index (κ3) is 3.56. The van der Waals surface area contributed by atoms with Gasteiger partial charge >= 0.3 is 0 Å².